The summed E-state index contributed by atoms with van der Waals surface area (Å²) in [5.41, 5.74) is 1.97. The highest BCUT2D eigenvalue weighted by Crippen LogP contribution is 2.25. The molecule has 1 N–H and O–H groups in total. The van der Waals surface area contributed by atoms with Gasteiger partial charge in [0, 0.05) is 31.0 Å². The molecule has 4 rings (SSSR count). The number of likely N-dealkylation sites (N-methyl/N-ethyl adjacent to an activating group) is 1. The lowest BCUT2D eigenvalue weighted by atomic mass is 10.2. The summed E-state index contributed by atoms with van der Waals surface area (Å²) in [6.07, 6.45) is 2.53. The standard InChI is InChI=1S/C20H22F2N6/c1-26-6-3-7-27(9-8-26)19-12-16(22)10-17(13-19)24-20-23-14-28(25-20)18-5-2-4-15(21)11-18/h2,4-5,10-14H,3,6-9H2,1H3,(H,24,25). The van der Waals surface area contributed by atoms with Crippen LogP contribution in [0.3, 0.4) is 0 Å². The van der Waals surface area contributed by atoms with E-state index in [4.69, 9.17) is 0 Å². The quantitative estimate of drug-likeness (QED) is 0.747. The van der Waals surface area contributed by atoms with Crippen LogP contribution >= 0.6 is 0 Å². The first-order valence-corrected chi connectivity index (χ1v) is 9.25. The number of anilines is 3. The van der Waals surface area contributed by atoms with Gasteiger partial charge in [-0.05, 0) is 56.4 Å². The van der Waals surface area contributed by atoms with E-state index in [2.05, 4.69) is 32.2 Å². The van der Waals surface area contributed by atoms with E-state index in [1.54, 1.807) is 18.2 Å². The van der Waals surface area contributed by atoms with Gasteiger partial charge in [0.15, 0.2) is 0 Å². The van der Waals surface area contributed by atoms with Crippen LogP contribution in [0.1, 0.15) is 6.42 Å². The van der Waals surface area contributed by atoms with Gasteiger partial charge in [-0.25, -0.2) is 13.5 Å². The molecular weight excluding hydrogens is 362 g/mol. The molecule has 0 bridgehead atoms. The summed E-state index contributed by atoms with van der Waals surface area (Å²) in [6, 6.07) is 10.9. The van der Waals surface area contributed by atoms with Crippen LogP contribution in [0.15, 0.2) is 48.8 Å². The molecule has 0 amide bonds. The lowest BCUT2D eigenvalue weighted by molar-refractivity contribution is 0.360. The van der Waals surface area contributed by atoms with Crippen LogP contribution in [0.2, 0.25) is 0 Å². The molecule has 2 aromatic carbocycles. The summed E-state index contributed by atoms with van der Waals surface area (Å²) in [5, 5.41) is 7.34. The second-order valence-corrected chi connectivity index (χ2v) is 6.96. The van der Waals surface area contributed by atoms with E-state index in [0.29, 0.717) is 17.3 Å². The van der Waals surface area contributed by atoms with Crippen LogP contribution < -0.4 is 10.2 Å². The second kappa shape index (κ2) is 7.93. The Morgan fingerprint density at radius 1 is 0.929 bits per heavy atom. The van der Waals surface area contributed by atoms with Crippen molar-refractivity contribution in [3.05, 3.63) is 60.4 Å². The predicted molar refractivity (Wildman–Crippen MR) is 105 cm³/mol. The minimum Gasteiger partial charge on any atom is -0.370 e. The zero-order valence-corrected chi connectivity index (χ0v) is 15.6. The lowest BCUT2D eigenvalue weighted by Gasteiger charge is -2.23. The maximum Gasteiger partial charge on any atom is 0.246 e. The number of aromatic nitrogens is 3. The van der Waals surface area contributed by atoms with Crippen molar-refractivity contribution in [3.63, 3.8) is 0 Å². The van der Waals surface area contributed by atoms with Crippen molar-refractivity contribution in [2.45, 2.75) is 6.42 Å². The summed E-state index contributed by atoms with van der Waals surface area (Å²) in [6.45, 7) is 3.72. The zero-order chi connectivity index (χ0) is 19.5. The fourth-order valence-corrected chi connectivity index (χ4v) is 3.33. The highest BCUT2D eigenvalue weighted by Gasteiger charge is 2.14. The number of hydrogen-bond acceptors (Lipinski definition) is 5. The molecule has 0 atom stereocenters. The van der Waals surface area contributed by atoms with Crippen molar-refractivity contribution in [1.82, 2.24) is 19.7 Å². The topological polar surface area (TPSA) is 49.2 Å². The molecule has 0 saturated carbocycles. The monoisotopic (exact) mass is 384 g/mol. The van der Waals surface area contributed by atoms with Gasteiger partial charge in [-0.15, -0.1) is 5.10 Å². The fourth-order valence-electron chi connectivity index (χ4n) is 3.33. The third-order valence-corrected chi connectivity index (χ3v) is 4.79. The van der Waals surface area contributed by atoms with E-state index in [9.17, 15) is 8.78 Å². The Morgan fingerprint density at radius 2 is 1.79 bits per heavy atom. The van der Waals surface area contributed by atoms with Crippen molar-refractivity contribution in [2.24, 2.45) is 0 Å². The molecule has 1 aromatic heterocycles. The Bertz CT molecular complexity index is 957. The minimum absolute atomic E-state index is 0.316. The van der Waals surface area contributed by atoms with E-state index in [1.165, 1.54) is 29.2 Å². The first-order valence-electron chi connectivity index (χ1n) is 9.25. The molecule has 0 unspecified atom stereocenters. The summed E-state index contributed by atoms with van der Waals surface area (Å²) < 4.78 is 29.1. The predicted octanol–water partition coefficient (Wildman–Crippen LogP) is 3.43. The molecule has 0 aliphatic carbocycles. The van der Waals surface area contributed by atoms with Crippen molar-refractivity contribution in [3.8, 4) is 5.69 Å². The molecule has 6 nitrogen and oxygen atoms in total. The molecular formula is C20H22F2N6. The van der Waals surface area contributed by atoms with E-state index >= 15 is 0 Å². The SMILES string of the molecule is CN1CCCN(c2cc(F)cc(Nc3ncn(-c4cccc(F)c4)n3)c2)CC1. The molecule has 1 saturated heterocycles. The third kappa shape index (κ3) is 4.28. The fraction of sp³-hybridized carbons (Fsp3) is 0.300. The van der Waals surface area contributed by atoms with E-state index in [-0.39, 0.29) is 11.6 Å². The van der Waals surface area contributed by atoms with Gasteiger partial charge in [-0.2, -0.15) is 4.98 Å². The summed E-state index contributed by atoms with van der Waals surface area (Å²) in [5.74, 6) is -0.348. The highest BCUT2D eigenvalue weighted by molar-refractivity contribution is 5.62. The Morgan fingerprint density at radius 3 is 2.64 bits per heavy atom. The van der Waals surface area contributed by atoms with Crippen molar-refractivity contribution < 1.29 is 8.78 Å². The zero-order valence-electron chi connectivity index (χ0n) is 15.6. The Kier molecular flexibility index (Phi) is 5.21. The third-order valence-electron chi connectivity index (χ3n) is 4.79. The number of hydrogen-bond donors (Lipinski definition) is 1. The molecule has 28 heavy (non-hydrogen) atoms. The average molecular weight is 384 g/mol. The normalized spacial score (nSPS) is 15.5. The maximum atomic E-state index is 14.2. The molecule has 2 heterocycles. The van der Waals surface area contributed by atoms with E-state index in [0.717, 1.165) is 38.3 Å². The van der Waals surface area contributed by atoms with Gasteiger partial charge in [-0.1, -0.05) is 6.07 Å². The molecule has 8 heteroatoms. The second-order valence-electron chi connectivity index (χ2n) is 6.96. The largest absolute Gasteiger partial charge is 0.370 e. The van der Waals surface area contributed by atoms with Gasteiger partial charge in [-0.3, -0.25) is 0 Å². The first kappa shape index (κ1) is 18.4. The van der Waals surface area contributed by atoms with E-state index in [1.807, 2.05) is 6.07 Å². The van der Waals surface area contributed by atoms with Gasteiger partial charge in [0.25, 0.3) is 0 Å². The van der Waals surface area contributed by atoms with Crippen LogP contribution in [0, 0.1) is 11.6 Å². The summed E-state index contributed by atoms with van der Waals surface area (Å²) in [7, 11) is 2.10. The highest BCUT2D eigenvalue weighted by atomic mass is 19.1. The molecule has 3 aromatic rings. The van der Waals surface area contributed by atoms with Crippen LogP contribution in [-0.2, 0) is 0 Å². The van der Waals surface area contributed by atoms with Gasteiger partial charge in [0.2, 0.25) is 5.95 Å². The smallest absolute Gasteiger partial charge is 0.246 e. The molecule has 0 radical (unpaired) electrons. The molecule has 1 fully saturated rings. The molecule has 1 aliphatic rings. The number of halogens is 2. The Balaban J connectivity index is 1.53. The van der Waals surface area contributed by atoms with Gasteiger partial charge in [0.05, 0.1) is 5.69 Å². The minimum atomic E-state index is -0.347. The lowest BCUT2D eigenvalue weighted by Crippen LogP contribution is -2.28. The van der Waals surface area contributed by atoms with Crippen molar-refractivity contribution in [1.29, 1.82) is 0 Å². The van der Waals surface area contributed by atoms with Gasteiger partial charge < -0.3 is 15.1 Å². The van der Waals surface area contributed by atoms with Crippen molar-refractivity contribution in [2.75, 3.05) is 43.4 Å². The van der Waals surface area contributed by atoms with E-state index < -0.39 is 0 Å². The number of nitrogens with zero attached hydrogens (tertiary/aromatic N) is 5. The number of benzene rings is 2. The number of nitrogens with one attached hydrogen (secondary N) is 1. The van der Waals surface area contributed by atoms with Crippen LogP contribution in [-0.4, -0.2) is 52.9 Å². The van der Waals surface area contributed by atoms with Crippen molar-refractivity contribution >= 4 is 17.3 Å². The Labute approximate surface area is 162 Å². The van der Waals surface area contributed by atoms with Crippen LogP contribution in [0.25, 0.3) is 5.69 Å². The average Bonchev–Trinajstić information content (AvgIpc) is 3.01. The molecule has 1 aliphatic heterocycles. The number of rotatable bonds is 4. The Hall–Kier alpha value is -3.00. The molecule has 146 valence electrons. The van der Waals surface area contributed by atoms with Gasteiger partial charge in [0.1, 0.15) is 18.0 Å². The first-order chi connectivity index (χ1) is 13.6. The summed E-state index contributed by atoms with van der Waals surface area (Å²) >= 11 is 0. The molecule has 0 spiro atoms. The van der Waals surface area contributed by atoms with Gasteiger partial charge >= 0.3 is 0 Å². The maximum absolute atomic E-state index is 14.2. The summed E-state index contributed by atoms with van der Waals surface area (Å²) in [4.78, 5) is 8.66. The van der Waals surface area contributed by atoms with Crippen LogP contribution in [0.4, 0.5) is 26.1 Å². The van der Waals surface area contributed by atoms with Crippen LogP contribution in [0.5, 0.6) is 0 Å².